The summed E-state index contributed by atoms with van der Waals surface area (Å²) in [6.07, 6.45) is 2.63. The van der Waals surface area contributed by atoms with Gasteiger partial charge in [-0.15, -0.1) is 0 Å². The van der Waals surface area contributed by atoms with Gasteiger partial charge in [0.2, 0.25) is 5.91 Å². The number of hydrogen-bond acceptors (Lipinski definition) is 4. The Bertz CT molecular complexity index is 347. The minimum Gasteiger partial charge on any atom is -0.480 e. The Morgan fingerprint density at radius 3 is 2.80 bits per heavy atom. The van der Waals surface area contributed by atoms with Crippen LogP contribution in [-0.4, -0.2) is 40.0 Å². The number of rotatable bonds is 4. The van der Waals surface area contributed by atoms with Gasteiger partial charge in [-0.3, -0.25) is 4.79 Å². The van der Waals surface area contributed by atoms with Crippen LogP contribution in [-0.2, 0) is 16.0 Å². The maximum absolute atomic E-state index is 11.5. The molecule has 1 N–H and O–H groups in total. The average Bonchev–Trinajstić information content (AvgIpc) is 2.67. The lowest BCUT2D eigenvalue weighted by molar-refractivity contribution is -0.148. The van der Waals surface area contributed by atoms with Gasteiger partial charge >= 0.3 is 5.97 Å². The van der Waals surface area contributed by atoms with E-state index >= 15 is 0 Å². The van der Waals surface area contributed by atoms with Gasteiger partial charge in [-0.05, 0) is 6.92 Å². The molecule has 0 fully saturated rings. The summed E-state index contributed by atoms with van der Waals surface area (Å²) in [4.78, 5) is 27.1. The first-order valence-corrected chi connectivity index (χ1v) is 4.38. The number of amides is 1. The molecule has 0 aliphatic carbocycles. The van der Waals surface area contributed by atoms with Crippen LogP contribution in [0.25, 0.3) is 0 Å². The minimum atomic E-state index is -1.04. The fourth-order valence-electron chi connectivity index (χ4n) is 0.986. The van der Waals surface area contributed by atoms with E-state index in [4.69, 9.17) is 9.52 Å². The van der Waals surface area contributed by atoms with E-state index in [-0.39, 0.29) is 12.3 Å². The Morgan fingerprint density at radius 1 is 1.67 bits per heavy atom. The van der Waals surface area contributed by atoms with Gasteiger partial charge in [-0.25, -0.2) is 9.78 Å². The lowest BCUT2D eigenvalue weighted by Gasteiger charge is -2.20. The molecule has 1 rings (SSSR count). The number of carbonyl (C=O) groups excluding carboxylic acids is 1. The highest BCUT2D eigenvalue weighted by Crippen LogP contribution is 2.02. The third kappa shape index (κ3) is 2.80. The van der Waals surface area contributed by atoms with Crippen LogP contribution in [0.3, 0.4) is 0 Å². The molecule has 15 heavy (non-hydrogen) atoms. The molecule has 0 aliphatic rings. The number of carboxylic acid groups (broad SMARTS) is 1. The Kier molecular flexibility index (Phi) is 3.43. The van der Waals surface area contributed by atoms with Gasteiger partial charge in [-0.2, -0.15) is 0 Å². The summed E-state index contributed by atoms with van der Waals surface area (Å²) in [5, 5.41) is 8.70. The van der Waals surface area contributed by atoms with Crippen molar-refractivity contribution >= 4 is 11.9 Å². The molecule has 1 atom stereocenters. The number of nitrogens with zero attached hydrogens (tertiary/aromatic N) is 2. The van der Waals surface area contributed by atoms with Crippen molar-refractivity contribution in [3.05, 3.63) is 18.4 Å². The lowest BCUT2D eigenvalue weighted by Crippen LogP contribution is -2.41. The van der Waals surface area contributed by atoms with Crippen LogP contribution in [0.4, 0.5) is 0 Å². The second kappa shape index (κ2) is 4.59. The van der Waals surface area contributed by atoms with Crippen molar-refractivity contribution in [3.8, 4) is 0 Å². The molecular weight excluding hydrogens is 200 g/mol. The van der Waals surface area contributed by atoms with Crippen molar-refractivity contribution in [2.45, 2.75) is 19.4 Å². The van der Waals surface area contributed by atoms with E-state index in [1.807, 2.05) is 0 Å². The molecule has 0 aromatic carbocycles. The van der Waals surface area contributed by atoms with E-state index in [0.29, 0.717) is 5.69 Å². The van der Waals surface area contributed by atoms with Crippen LogP contribution in [0.15, 0.2) is 17.1 Å². The van der Waals surface area contributed by atoms with Crippen LogP contribution >= 0.6 is 0 Å². The zero-order valence-electron chi connectivity index (χ0n) is 8.51. The highest BCUT2D eigenvalue weighted by Gasteiger charge is 2.22. The third-order valence-electron chi connectivity index (χ3n) is 2.15. The van der Waals surface area contributed by atoms with E-state index in [0.717, 1.165) is 4.90 Å². The lowest BCUT2D eigenvalue weighted by atomic mass is 10.2. The van der Waals surface area contributed by atoms with Crippen molar-refractivity contribution in [1.82, 2.24) is 9.88 Å². The van der Waals surface area contributed by atoms with Crippen molar-refractivity contribution < 1.29 is 19.1 Å². The summed E-state index contributed by atoms with van der Waals surface area (Å²) in [6, 6.07) is -0.843. The zero-order chi connectivity index (χ0) is 11.4. The molecule has 6 heteroatoms. The zero-order valence-corrected chi connectivity index (χ0v) is 8.51. The molecule has 6 nitrogen and oxygen atoms in total. The normalized spacial score (nSPS) is 12.1. The van der Waals surface area contributed by atoms with Gasteiger partial charge in [0.1, 0.15) is 12.3 Å². The van der Waals surface area contributed by atoms with Crippen LogP contribution in [0.5, 0.6) is 0 Å². The predicted octanol–water partition coefficient (Wildman–Crippen LogP) is 0.149. The fraction of sp³-hybridized carbons (Fsp3) is 0.444. The van der Waals surface area contributed by atoms with Crippen LogP contribution in [0, 0.1) is 0 Å². The first kappa shape index (κ1) is 11.2. The number of likely N-dealkylation sites (N-methyl/N-ethyl adjacent to an activating group) is 1. The van der Waals surface area contributed by atoms with Crippen LogP contribution in [0.1, 0.15) is 12.6 Å². The second-order valence-electron chi connectivity index (χ2n) is 3.18. The third-order valence-corrected chi connectivity index (χ3v) is 2.15. The number of oxazole rings is 1. The molecule has 1 unspecified atom stereocenters. The number of aliphatic carboxylic acids is 1. The molecule has 0 radical (unpaired) electrons. The molecule has 0 bridgehead atoms. The van der Waals surface area contributed by atoms with E-state index in [2.05, 4.69) is 4.98 Å². The van der Waals surface area contributed by atoms with Crippen molar-refractivity contribution in [1.29, 1.82) is 0 Å². The Labute approximate surface area is 86.5 Å². The van der Waals surface area contributed by atoms with Gasteiger partial charge in [0.05, 0.1) is 12.1 Å². The molecule has 1 heterocycles. The molecule has 1 aromatic heterocycles. The molecule has 0 aliphatic heterocycles. The Balaban J connectivity index is 2.57. The van der Waals surface area contributed by atoms with E-state index in [1.165, 1.54) is 26.6 Å². The standard InChI is InChI=1S/C9H12N2O4/c1-6(9(13)14)11(2)8(12)3-7-4-15-5-10-7/h4-6H,3H2,1-2H3,(H,13,14). The number of carboxylic acids is 1. The maximum atomic E-state index is 11.5. The molecule has 0 saturated heterocycles. The highest BCUT2D eigenvalue weighted by atomic mass is 16.4. The van der Waals surface area contributed by atoms with E-state index in [9.17, 15) is 9.59 Å². The van der Waals surface area contributed by atoms with Crippen molar-refractivity contribution in [2.24, 2.45) is 0 Å². The summed E-state index contributed by atoms with van der Waals surface area (Å²) in [7, 11) is 1.45. The Hall–Kier alpha value is -1.85. The topological polar surface area (TPSA) is 83.6 Å². The van der Waals surface area contributed by atoms with Crippen LogP contribution in [0.2, 0.25) is 0 Å². The maximum Gasteiger partial charge on any atom is 0.326 e. The van der Waals surface area contributed by atoms with Crippen molar-refractivity contribution in [3.63, 3.8) is 0 Å². The Morgan fingerprint density at radius 2 is 2.33 bits per heavy atom. The molecule has 82 valence electrons. The van der Waals surface area contributed by atoms with Gasteiger partial charge in [0.15, 0.2) is 6.39 Å². The fourth-order valence-corrected chi connectivity index (χ4v) is 0.986. The SMILES string of the molecule is CC(C(=O)O)N(C)C(=O)Cc1cocn1. The summed E-state index contributed by atoms with van der Waals surface area (Å²) in [6.45, 7) is 1.45. The largest absolute Gasteiger partial charge is 0.480 e. The van der Waals surface area contributed by atoms with E-state index in [1.54, 1.807) is 0 Å². The summed E-state index contributed by atoms with van der Waals surface area (Å²) < 4.78 is 4.70. The number of carbonyl (C=O) groups is 2. The average molecular weight is 212 g/mol. The van der Waals surface area contributed by atoms with Gasteiger partial charge in [0.25, 0.3) is 0 Å². The predicted molar refractivity (Wildman–Crippen MR) is 50.1 cm³/mol. The monoisotopic (exact) mass is 212 g/mol. The van der Waals surface area contributed by atoms with Crippen molar-refractivity contribution in [2.75, 3.05) is 7.05 Å². The smallest absolute Gasteiger partial charge is 0.326 e. The molecular formula is C9H12N2O4. The van der Waals surface area contributed by atoms with Gasteiger partial charge < -0.3 is 14.4 Å². The van der Waals surface area contributed by atoms with E-state index < -0.39 is 12.0 Å². The molecule has 0 spiro atoms. The highest BCUT2D eigenvalue weighted by molar-refractivity contribution is 5.84. The first-order valence-electron chi connectivity index (χ1n) is 4.38. The van der Waals surface area contributed by atoms with Crippen LogP contribution < -0.4 is 0 Å². The minimum absolute atomic E-state index is 0.0462. The van der Waals surface area contributed by atoms with Gasteiger partial charge in [0, 0.05) is 7.05 Å². The molecule has 1 amide bonds. The summed E-state index contributed by atoms with van der Waals surface area (Å²) >= 11 is 0. The first-order chi connectivity index (χ1) is 7.02. The summed E-state index contributed by atoms with van der Waals surface area (Å²) in [5.41, 5.74) is 0.490. The van der Waals surface area contributed by atoms with Gasteiger partial charge in [-0.1, -0.05) is 0 Å². The second-order valence-corrected chi connectivity index (χ2v) is 3.18. The number of aromatic nitrogens is 1. The summed E-state index contributed by atoms with van der Waals surface area (Å²) in [5.74, 6) is -1.34. The quantitative estimate of drug-likeness (QED) is 0.767. The molecule has 0 saturated carbocycles. The number of hydrogen-bond donors (Lipinski definition) is 1. The molecule has 1 aromatic rings.